The van der Waals surface area contributed by atoms with Crippen LogP contribution >= 0.6 is 23.4 Å². The van der Waals surface area contributed by atoms with E-state index in [-0.39, 0.29) is 18.1 Å². The Bertz CT molecular complexity index is 794. The first-order valence-corrected chi connectivity index (χ1v) is 8.48. The lowest BCUT2D eigenvalue weighted by molar-refractivity contribution is -0.115. The molecule has 1 atom stereocenters. The van der Waals surface area contributed by atoms with E-state index >= 15 is 0 Å². The normalized spacial score (nSPS) is 12.0. The number of rotatable bonds is 6. The predicted molar refractivity (Wildman–Crippen MR) is 95.7 cm³/mol. The standard InChI is InChI=1S/C16H18ClN3O3S/c1-9-12(17)5-4-6-13(9)19-15(22)10(2)24-16-18-11(8-23-3)7-14(21)20-16/h4-7,10H,8H2,1-3H3,(H,19,22)(H,18,20,21). The number of aromatic amines is 1. The Morgan fingerprint density at radius 3 is 2.96 bits per heavy atom. The summed E-state index contributed by atoms with van der Waals surface area (Å²) in [5.41, 5.74) is 1.70. The number of carbonyl (C=O) groups is 1. The Morgan fingerprint density at radius 2 is 2.25 bits per heavy atom. The Hall–Kier alpha value is -1.83. The van der Waals surface area contributed by atoms with Crippen LogP contribution in [0.5, 0.6) is 0 Å². The summed E-state index contributed by atoms with van der Waals surface area (Å²) in [6.45, 7) is 3.81. The zero-order chi connectivity index (χ0) is 17.7. The highest BCUT2D eigenvalue weighted by molar-refractivity contribution is 8.00. The van der Waals surface area contributed by atoms with Crippen molar-refractivity contribution in [3.8, 4) is 0 Å². The minimum absolute atomic E-state index is 0.204. The lowest BCUT2D eigenvalue weighted by Crippen LogP contribution is -2.23. The predicted octanol–water partition coefficient (Wildman–Crippen LogP) is 3.00. The highest BCUT2D eigenvalue weighted by Gasteiger charge is 2.17. The van der Waals surface area contributed by atoms with Crippen LogP contribution in [0.15, 0.2) is 34.2 Å². The van der Waals surface area contributed by atoms with Gasteiger partial charge in [-0.25, -0.2) is 4.98 Å². The third kappa shape index (κ3) is 4.83. The van der Waals surface area contributed by atoms with Gasteiger partial charge in [0.15, 0.2) is 5.16 Å². The number of hydrogen-bond donors (Lipinski definition) is 2. The number of H-pyrrole nitrogens is 1. The summed E-state index contributed by atoms with van der Waals surface area (Å²) < 4.78 is 4.98. The average Bonchev–Trinajstić information content (AvgIpc) is 2.51. The molecule has 24 heavy (non-hydrogen) atoms. The summed E-state index contributed by atoms with van der Waals surface area (Å²) >= 11 is 7.22. The number of ether oxygens (including phenoxy) is 1. The van der Waals surface area contributed by atoms with Crippen LogP contribution in [0.3, 0.4) is 0 Å². The van der Waals surface area contributed by atoms with E-state index in [9.17, 15) is 9.59 Å². The summed E-state index contributed by atoms with van der Waals surface area (Å²) in [7, 11) is 1.53. The molecule has 0 radical (unpaired) electrons. The molecule has 8 heteroatoms. The van der Waals surface area contributed by atoms with Gasteiger partial charge in [-0.05, 0) is 31.5 Å². The number of anilines is 1. The maximum absolute atomic E-state index is 12.4. The van der Waals surface area contributed by atoms with Crippen LogP contribution in [0.2, 0.25) is 5.02 Å². The van der Waals surface area contributed by atoms with Crippen LogP contribution in [-0.2, 0) is 16.1 Å². The molecule has 1 unspecified atom stereocenters. The quantitative estimate of drug-likeness (QED) is 0.605. The summed E-state index contributed by atoms with van der Waals surface area (Å²) in [6, 6.07) is 6.69. The number of nitrogens with one attached hydrogen (secondary N) is 2. The average molecular weight is 368 g/mol. The first kappa shape index (κ1) is 18.5. The van der Waals surface area contributed by atoms with E-state index in [2.05, 4.69) is 15.3 Å². The zero-order valence-corrected chi connectivity index (χ0v) is 15.1. The van der Waals surface area contributed by atoms with Crippen molar-refractivity contribution in [1.29, 1.82) is 0 Å². The van der Waals surface area contributed by atoms with Crippen molar-refractivity contribution in [2.75, 3.05) is 12.4 Å². The van der Waals surface area contributed by atoms with E-state index in [0.29, 0.717) is 21.6 Å². The fourth-order valence-electron chi connectivity index (χ4n) is 1.96. The van der Waals surface area contributed by atoms with Gasteiger partial charge >= 0.3 is 0 Å². The van der Waals surface area contributed by atoms with Gasteiger partial charge in [-0.1, -0.05) is 29.4 Å². The van der Waals surface area contributed by atoms with Gasteiger partial charge in [0.25, 0.3) is 5.56 Å². The maximum Gasteiger partial charge on any atom is 0.251 e. The molecule has 0 saturated carbocycles. The minimum atomic E-state index is -0.454. The van der Waals surface area contributed by atoms with Crippen molar-refractivity contribution in [2.24, 2.45) is 0 Å². The maximum atomic E-state index is 12.4. The van der Waals surface area contributed by atoms with Crippen molar-refractivity contribution in [3.05, 3.63) is 50.9 Å². The Kier molecular flexibility index (Phi) is 6.42. The van der Waals surface area contributed by atoms with Crippen LogP contribution in [0.1, 0.15) is 18.2 Å². The van der Waals surface area contributed by atoms with Gasteiger partial charge in [0.2, 0.25) is 5.91 Å². The molecule has 128 valence electrons. The first-order chi connectivity index (χ1) is 11.4. The minimum Gasteiger partial charge on any atom is -0.378 e. The third-order valence-corrected chi connectivity index (χ3v) is 4.64. The lowest BCUT2D eigenvalue weighted by Gasteiger charge is -2.14. The summed E-state index contributed by atoms with van der Waals surface area (Å²) in [6.07, 6.45) is 0. The molecule has 0 aliphatic carbocycles. The van der Waals surface area contributed by atoms with E-state index in [1.165, 1.54) is 24.9 Å². The van der Waals surface area contributed by atoms with Gasteiger partial charge in [-0.3, -0.25) is 9.59 Å². The van der Waals surface area contributed by atoms with Crippen molar-refractivity contribution in [3.63, 3.8) is 0 Å². The van der Waals surface area contributed by atoms with Crippen molar-refractivity contribution in [2.45, 2.75) is 30.9 Å². The van der Waals surface area contributed by atoms with Crippen LogP contribution in [-0.4, -0.2) is 28.2 Å². The van der Waals surface area contributed by atoms with Crippen LogP contribution in [0.4, 0.5) is 5.69 Å². The lowest BCUT2D eigenvalue weighted by atomic mass is 10.2. The second kappa shape index (κ2) is 8.32. The Balaban J connectivity index is 2.09. The van der Waals surface area contributed by atoms with E-state index in [4.69, 9.17) is 16.3 Å². The zero-order valence-electron chi connectivity index (χ0n) is 13.6. The molecule has 0 bridgehead atoms. The number of aromatic nitrogens is 2. The fourth-order valence-corrected chi connectivity index (χ4v) is 2.96. The molecule has 1 amide bonds. The van der Waals surface area contributed by atoms with Crippen molar-refractivity contribution < 1.29 is 9.53 Å². The number of amides is 1. The molecule has 2 aromatic rings. The molecular formula is C16H18ClN3O3S. The number of halogens is 1. The van der Waals surface area contributed by atoms with Crippen LogP contribution in [0, 0.1) is 6.92 Å². The van der Waals surface area contributed by atoms with Gasteiger partial charge < -0.3 is 15.0 Å². The molecule has 0 spiro atoms. The Morgan fingerprint density at radius 1 is 1.50 bits per heavy atom. The number of carbonyl (C=O) groups excluding carboxylic acids is 1. The molecule has 0 aliphatic rings. The summed E-state index contributed by atoms with van der Waals surface area (Å²) in [5, 5.41) is 3.35. The van der Waals surface area contributed by atoms with E-state index < -0.39 is 5.25 Å². The Labute approximate surface area is 149 Å². The summed E-state index contributed by atoms with van der Waals surface area (Å²) in [4.78, 5) is 30.9. The number of thioether (sulfide) groups is 1. The summed E-state index contributed by atoms with van der Waals surface area (Å²) in [5.74, 6) is -0.204. The molecule has 1 aromatic carbocycles. The molecule has 0 aliphatic heterocycles. The van der Waals surface area contributed by atoms with Crippen molar-refractivity contribution in [1.82, 2.24) is 9.97 Å². The molecule has 0 saturated heterocycles. The van der Waals surface area contributed by atoms with Gasteiger partial charge in [-0.2, -0.15) is 0 Å². The molecular weight excluding hydrogens is 350 g/mol. The topological polar surface area (TPSA) is 84.1 Å². The number of benzene rings is 1. The van der Waals surface area contributed by atoms with Gasteiger partial charge in [-0.15, -0.1) is 0 Å². The second-order valence-electron chi connectivity index (χ2n) is 5.14. The largest absolute Gasteiger partial charge is 0.378 e. The number of hydrogen-bond acceptors (Lipinski definition) is 5. The van der Waals surface area contributed by atoms with E-state index in [0.717, 1.165) is 5.56 Å². The van der Waals surface area contributed by atoms with Crippen LogP contribution in [0.25, 0.3) is 0 Å². The fraction of sp³-hybridized carbons (Fsp3) is 0.312. The molecule has 2 N–H and O–H groups in total. The smallest absolute Gasteiger partial charge is 0.251 e. The monoisotopic (exact) mass is 367 g/mol. The van der Waals surface area contributed by atoms with Gasteiger partial charge in [0, 0.05) is 23.9 Å². The van der Waals surface area contributed by atoms with Crippen LogP contribution < -0.4 is 10.9 Å². The van der Waals surface area contributed by atoms with Gasteiger partial charge in [0.05, 0.1) is 17.6 Å². The third-order valence-electron chi connectivity index (χ3n) is 3.25. The molecule has 0 fully saturated rings. The van der Waals surface area contributed by atoms with E-state index in [1.54, 1.807) is 25.1 Å². The SMILES string of the molecule is COCc1cc(=O)[nH]c(SC(C)C(=O)Nc2cccc(Cl)c2C)n1. The molecule has 6 nitrogen and oxygen atoms in total. The second-order valence-corrected chi connectivity index (χ2v) is 6.87. The molecule has 1 aromatic heterocycles. The molecule has 2 rings (SSSR count). The number of methoxy groups -OCH3 is 1. The molecule has 1 heterocycles. The van der Waals surface area contributed by atoms with E-state index in [1.807, 2.05) is 6.92 Å². The highest BCUT2D eigenvalue weighted by atomic mass is 35.5. The first-order valence-electron chi connectivity index (χ1n) is 7.22. The number of nitrogens with zero attached hydrogens (tertiary/aromatic N) is 1. The highest BCUT2D eigenvalue weighted by Crippen LogP contribution is 2.25. The van der Waals surface area contributed by atoms with Gasteiger partial charge in [0.1, 0.15) is 0 Å². The van der Waals surface area contributed by atoms with Crippen molar-refractivity contribution >= 4 is 35.0 Å².